The maximum atomic E-state index is 12.1. The van der Waals surface area contributed by atoms with E-state index in [-0.39, 0.29) is 17.9 Å². The van der Waals surface area contributed by atoms with E-state index in [4.69, 9.17) is 0 Å². The number of amides is 2. The van der Waals surface area contributed by atoms with Crippen LogP contribution < -0.4 is 16.0 Å². The summed E-state index contributed by atoms with van der Waals surface area (Å²) in [4.78, 5) is 26.5. The fourth-order valence-electron chi connectivity index (χ4n) is 3.28. The van der Waals surface area contributed by atoms with Gasteiger partial charge in [0, 0.05) is 24.3 Å². The van der Waals surface area contributed by atoms with Gasteiger partial charge in [-0.2, -0.15) is 0 Å². The summed E-state index contributed by atoms with van der Waals surface area (Å²) in [5.41, 5.74) is 1.34. The summed E-state index contributed by atoms with van der Waals surface area (Å²) in [5.74, 6) is -0.0696. The van der Waals surface area contributed by atoms with Gasteiger partial charge in [0.05, 0.1) is 6.04 Å². The summed E-state index contributed by atoms with van der Waals surface area (Å²) >= 11 is 0. The van der Waals surface area contributed by atoms with E-state index in [0.717, 1.165) is 44.7 Å². The summed E-state index contributed by atoms with van der Waals surface area (Å²) in [6.07, 6.45) is 4.44. The Bertz CT molecular complexity index is 561. The fraction of sp³-hybridized carbons (Fsp3) is 0.556. The molecule has 3 rings (SSSR count). The monoisotopic (exact) mass is 330 g/mol. The molecule has 6 heteroatoms. The number of rotatable bonds is 6. The van der Waals surface area contributed by atoms with Gasteiger partial charge in [-0.05, 0) is 69.6 Å². The highest BCUT2D eigenvalue weighted by Gasteiger charge is 2.21. The van der Waals surface area contributed by atoms with Gasteiger partial charge < -0.3 is 20.9 Å². The molecule has 2 saturated heterocycles. The van der Waals surface area contributed by atoms with Crippen molar-refractivity contribution in [1.29, 1.82) is 0 Å². The average molecular weight is 330 g/mol. The number of carbonyl (C=O) groups excluding carboxylic acids is 2. The quantitative estimate of drug-likeness (QED) is 0.733. The lowest BCUT2D eigenvalue weighted by Crippen LogP contribution is -2.35. The van der Waals surface area contributed by atoms with Gasteiger partial charge in [0.25, 0.3) is 5.91 Å². The Morgan fingerprint density at radius 1 is 1.12 bits per heavy atom. The van der Waals surface area contributed by atoms with Crippen LogP contribution >= 0.6 is 0 Å². The SMILES string of the molecule is O=C(NCCN1CCCC1)c1ccc(NC(=O)C2CCCN2)cc1. The van der Waals surface area contributed by atoms with E-state index in [2.05, 4.69) is 20.9 Å². The third-order valence-corrected chi connectivity index (χ3v) is 4.70. The molecule has 24 heavy (non-hydrogen) atoms. The molecule has 0 radical (unpaired) electrons. The van der Waals surface area contributed by atoms with Crippen LogP contribution in [0.4, 0.5) is 5.69 Å². The van der Waals surface area contributed by atoms with Gasteiger partial charge in [0.1, 0.15) is 0 Å². The molecule has 2 aliphatic rings. The summed E-state index contributed by atoms with van der Waals surface area (Å²) in [6, 6.07) is 6.97. The molecule has 2 fully saturated rings. The lowest BCUT2D eigenvalue weighted by atomic mass is 10.1. The molecule has 0 aromatic heterocycles. The molecule has 3 N–H and O–H groups in total. The van der Waals surface area contributed by atoms with E-state index in [9.17, 15) is 9.59 Å². The Hall–Kier alpha value is -1.92. The Labute approximate surface area is 143 Å². The van der Waals surface area contributed by atoms with Gasteiger partial charge in [-0.1, -0.05) is 0 Å². The van der Waals surface area contributed by atoms with Crippen LogP contribution in [0.15, 0.2) is 24.3 Å². The van der Waals surface area contributed by atoms with E-state index in [1.54, 1.807) is 24.3 Å². The topological polar surface area (TPSA) is 73.5 Å². The Morgan fingerprint density at radius 2 is 1.88 bits per heavy atom. The number of anilines is 1. The Morgan fingerprint density at radius 3 is 2.54 bits per heavy atom. The van der Waals surface area contributed by atoms with Crippen molar-refractivity contribution in [3.05, 3.63) is 29.8 Å². The molecule has 130 valence electrons. The molecule has 0 aliphatic carbocycles. The molecule has 2 heterocycles. The summed E-state index contributed by atoms with van der Waals surface area (Å²) in [6.45, 7) is 4.76. The highest BCUT2D eigenvalue weighted by Crippen LogP contribution is 2.12. The molecule has 1 atom stereocenters. The zero-order valence-corrected chi connectivity index (χ0v) is 14.0. The van der Waals surface area contributed by atoms with E-state index in [1.807, 2.05) is 0 Å². The third-order valence-electron chi connectivity index (χ3n) is 4.70. The van der Waals surface area contributed by atoms with Crippen LogP contribution in [0.3, 0.4) is 0 Å². The molecule has 2 aliphatic heterocycles. The van der Waals surface area contributed by atoms with Crippen LogP contribution in [0.1, 0.15) is 36.0 Å². The van der Waals surface area contributed by atoms with Gasteiger partial charge in [-0.25, -0.2) is 0 Å². The number of nitrogens with zero attached hydrogens (tertiary/aromatic N) is 1. The van der Waals surface area contributed by atoms with Crippen LogP contribution in [0, 0.1) is 0 Å². The van der Waals surface area contributed by atoms with Crippen molar-refractivity contribution < 1.29 is 9.59 Å². The standard InChI is InChI=1S/C18H26N4O2/c23-17(20-10-13-22-11-1-2-12-22)14-5-7-15(8-6-14)21-18(24)16-4-3-9-19-16/h5-8,16,19H,1-4,9-13H2,(H,20,23)(H,21,24). The zero-order valence-electron chi connectivity index (χ0n) is 14.0. The Kier molecular flexibility index (Phi) is 5.82. The van der Waals surface area contributed by atoms with Crippen molar-refractivity contribution in [1.82, 2.24) is 15.5 Å². The maximum Gasteiger partial charge on any atom is 0.251 e. The fourth-order valence-corrected chi connectivity index (χ4v) is 3.28. The van der Waals surface area contributed by atoms with E-state index < -0.39 is 0 Å². The minimum atomic E-state index is -0.0986. The first-order chi connectivity index (χ1) is 11.7. The first kappa shape index (κ1) is 16.9. The highest BCUT2D eigenvalue weighted by atomic mass is 16.2. The van der Waals surface area contributed by atoms with Crippen molar-refractivity contribution in [3.8, 4) is 0 Å². The molecule has 1 aromatic rings. The predicted octanol–water partition coefficient (Wildman–Crippen LogP) is 1.20. The van der Waals surface area contributed by atoms with Crippen LogP contribution in [-0.2, 0) is 4.79 Å². The normalized spacial score (nSPS) is 20.9. The first-order valence-electron chi connectivity index (χ1n) is 8.87. The largest absolute Gasteiger partial charge is 0.351 e. The summed E-state index contributed by atoms with van der Waals surface area (Å²) < 4.78 is 0. The molecule has 2 amide bonds. The van der Waals surface area contributed by atoms with Crippen LogP contribution in [0.5, 0.6) is 0 Å². The van der Waals surface area contributed by atoms with Gasteiger partial charge in [-0.3, -0.25) is 9.59 Å². The number of likely N-dealkylation sites (tertiary alicyclic amines) is 1. The molecule has 0 saturated carbocycles. The van der Waals surface area contributed by atoms with E-state index in [0.29, 0.717) is 12.1 Å². The van der Waals surface area contributed by atoms with Crippen molar-refractivity contribution >= 4 is 17.5 Å². The number of benzene rings is 1. The molecular weight excluding hydrogens is 304 g/mol. The lowest BCUT2D eigenvalue weighted by Gasteiger charge is -2.15. The van der Waals surface area contributed by atoms with Gasteiger partial charge in [-0.15, -0.1) is 0 Å². The van der Waals surface area contributed by atoms with Gasteiger partial charge in [0.2, 0.25) is 5.91 Å². The van der Waals surface area contributed by atoms with E-state index in [1.165, 1.54) is 12.8 Å². The van der Waals surface area contributed by atoms with Crippen molar-refractivity contribution in [2.24, 2.45) is 0 Å². The molecule has 0 bridgehead atoms. The summed E-state index contributed by atoms with van der Waals surface area (Å²) in [5, 5.41) is 9.02. The second-order valence-electron chi connectivity index (χ2n) is 6.52. The van der Waals surface area contributed by atoms with Crippen molar-refractivity contribution in [2.45, 2.75) is 31.7 Å². The minimum Gasteiger partial charge on any atom is -0.351 e. The van der Waals surface area contributed by atoms with Gasteiger partial charge in [0.15, 0.2) is 0 Å². The zero-order chi connectivity index (χ0) is 16.8. The number of hydrogen-bond donors (Lipinski definition) is 3. The minimum absolute atomic E-state index is 0.00434. The third kappa shape index (κ3) is 4.55. The van der Waals surface area contributed by atoms with Crippen molar-refractivity contribution in [2.75, 3.05) is 38.0 Å². The van der Waals surface area contributed by atoms with Crippen LogP contribution in [0.2, 0.25) is 0 Å². The average Bonchev–Trinajstić information content (AvgIpc) is 3.29. The molecule has 1 unspecified atom stereocenters. The number of nitrogens with one attached hydrogen (secondary N) is 3. The summed E-state index contributed by atoms with van der Waals surface area (Å²) in [7, 11) is 0. The second-order valence-corrected chi connectivity index (χ2v) is 6.52. The van der Waals surface area contributed by atoms with E-state index >= 15 is 0 Å². The molecule has 0 spiro atoms. The molecule has 1 aromatic carbocycles. The molecular formula is C18H26N4O2. The first-order valence-corrected chi connectivity index (χ1v) is 8.87. The smallest absolute Gasteiger partial charge is 0.251 e. The number of carbonyl (C=O) groups is 2. The Balaban J connectivity index is 1.44. The second kappa shape index (κ2) is 8.26. The van der Waals surface area contributed by atoms with Crippen LogP contribution in [-0.4, -0.2) is 55.5 Å². The number of hydrogen-bond acceptors (Lipinski definition) is 4. The van der Waals surface area contributed by atoms with Gasteiger partial charge >= 0.3 is 0 Å². The maximum absolute atomic E-state index is 12.1. The van der Waals surface area contributed by atoms with Crippen LogP contribution in [0.25, 0.3) is 0 Å². The predicted molar refractivity (Wildman–Crippen MR) is 94.1 cm³/mol. The highest BCUT2D eigenvalue weighted by molar-refractivity contribution is 5.97. The lowest BCUT2D eigenvalue weighted by molar-refractivity contribution is -0.117. The van der Waals surface area contributed by atoms with Crippen molar-refractivity contribution in [3.63, 3.8) is 0 Å². The molecule has 6 nitrogen and oxygen atoms in total.